The summed E-state index contributed by atoms with van der Waals surface area (Å²) >= 11 is 3.49. The molecular weight excluding hydrogens is 294 g/mol. The van der Waals surface area contributed by atoms with Gasteiger partial charge in [-0.2, -0.15) is 0 Å². The second-order valence-corrected chi connectivity index (χ2v) is 5.82. The Labute approximate surface area is 116 Å². The third-order valence-electron chi connectivity index (χ3n) is 2.92. The molecule has 0 saturated heterocycles. The molecule has 0 atom stereocenters. The van der Waals surface area contributed by atoms with Crippen molar-refractivity contribution in [2.45, 2.75) is 32.7 Å². The van der Waals surface area contributed by atoms with E-state index in [1.165, 1.54) is 5.56 Å². The summed E-state index contributed by atoms with van der Waals surface area (Å²) in [5.74, 6) is 1.11. The van der Waals surface area contributed by atoms with Crippen LogP contribution in [-0.2, 0) is 17.6 Å². The highest BCUT2D eigenvalue weighted by molar-refractivity contribution is 9.10. The molecule has 0 aliphatic carbocycles. The molecule has 1 aliphatic heterocycles. The van der Waals surface area contributed by atoms with E-state index in [4.69, 9.17) is 4.74 Å². The molecule has 2 rings (SSSR count). The first-order valence-electron chi connectivity index (χ1n) is 6.25. The van der Waals surface area contributed by atoms with Crippen molar-refractivity contribution in [3.8, 4) is 5.75 Å². The maximum atomic E-state index is 11.9. The molecule has 1 aromatic rings. The zero-order valence-electron chi connectivity index (χ0n) is 10.8. The van der Waals surface area contributed by atoms with Crippen LogP contribution in [0.5, 0.6) is 5.75 Å². The second-order valence-electron chi connectivity index (χ2n) is 4.90. The fourth-order valence-electron chi connectivity index (χ4n) is 2.07. The summed E-state index contributed by atoms with van der Waals surface area (Å²) in [5.41, 5.74) is 2.19. The highest BCUT2D eigenvalue weighted by Gasteiger charge is 2.19. The summed E-state index contributed by atoms with van der Waals surface area (Å²) in [4.78, 5) is 11.9. The number of hydrogen-bond donors (Lipinski definition) is 1. The molecule has 1 aromatic carbocycles. The highest BCUT2D eigenvalue weighted by atomic mass is 79.9. The lowest BCUT2D eigenvalue weighted by molar-refractivity contribution is -0.117. The van der Waals surface area contributed by atoms with Gasteiger partial charge in [-0.3, -0.25) is 4.79 Å². The van der Waals surface area contributed by atoms with E-state index in [2.05, 4.69) is 27.3 Å². The number of benzene rings is 1. The largest absolute Gasteiger partial charge is 0.493 e. The number of ketones is 1. The Morgan fingerprint density at radius 1 is 1.50 bits per heavy atom. The van der Waals surface area contributed by atoms with E-state index in [0.717, 1.165) is 28.8 Å². The molecule has 0 aromatic heterocycles. The first-order chi connectivity index (χ1) is 8.56. The van der Waals surface area contributed by atoms with E-state index in [1.807, 2.05) is 19.9 Å². The van der Waals surface area contributed by atoms with Gasteiger partial charge in [0.25, 0.3) is 0 Å². The van der Waals surface area contributed by atoms with Gasteiger partial charge in [0.05, 0.1) is 13.2 Å². The molecule has 0 spiro atoms. The Morgan fingerprint density at radius 3 is 3.00 bits per heavy atom. The Morgan fingerprint density at radius 2 is 2.28 bits per heavy atom. The molecule has 18 heavy (non-hydrogen) atoms. The lowest BCUT2D eigenvalue weighted by atomic mass is 10.0. The molecule has 1 aliphatic rings. The molecule has 0 unspecified atom stereocenters. The second kappa shape index (κ2) is 5.85. The van der Waals surface area contributed by atoms with Crippen LogP contribution >= 0.6 is 15.9 Å². The van der Waals surface area contributed by atoms with E-state index in [1.54, 1.807) is 0 Å². The monoisotopic (exact) mass is 311 g/mol. The van der Waals surface area contributed by atoms with Gasteiger partial charge in [-0.05, 0) is 17.7 Å². The van der Waals surface area contributed by atoms with Gasteiger partial charge in [0.1, 0.15) is 5.75 Å². The van der Waals surface area contributed by atoms with E-state index in [0.29, 0.717) is 19.0 Å². The molecule has 3 nitrogen and oxygen atoms in total. The summed E-state index contributed by atoms with van der Waals surface area (Å²) < 4.78 is 6.64. The van der Waals surface area contributed by atoms with Crippen molar-refractivity contribution in [1.29, 1.82) is 0 Å². The van der Waals surface area contributed by atoms with Gasteiger partial charge in [0.2, 0.25) is 0 Å². The smallest absolute Gasteiger partial charge is 0.151 e. The minimum Gasteiger partial charge on any atom is -0.493 e. The van der Waals surface area contributed by atoms with E-state index >= 15 is 0 Å². The number of carbonyl (C=O) groups excluding carboxylic acids is 1. The van der Waals surface area contributed by atoms with E-state index in [9.17, 15) is 4.79 Å². The number of ether oxygens (including phenoxy) is 1. The number of Topliss-reactive ketones (excluding diaryl/α,β-unsaturated/α-hetero) is 1. The van der Waals surface area contributed by atoms with Crippen molar-refractivity contribution in [2.24, 2.45) is 0 Å². The maximum Gasteiger partial charge on any atom is 0.151 e. The standard InChI is InChI=1S/C14H18BrNO2/c1-9(2)16-8-13(17)7-11-6-12(15)5-10-3-4-18-14(10)11/h5-6,9,16H,3-4,7-8H2,1-2H3. The number of fused-ring (bicyclic) bond motifs is 1. The summed E-state index contributed by atoms with van der Waals surface area (Å²) in [6, 6.07) is 4.39. The first-order valence-corrected chi connectivity index (χ1v) is 7.04. The summed E-state index contributed by atoms with van der Waals surface area (Å²) in [7, 11) is 0. The fourth-order valence-corrected chi connectivity index (χ4v) is 2.62. The van der Waals surface area contributed by atoms with Crippen LogP contribution in [0.15, 0.2) is 16.6 Å². The van der Waals surface area contributed by atoms with Crippen LogP contribution in [-0.4, -0.2) is 25.0 Å². The molecule has 98 valence electrons. The first kappa shape index (κ1) is 13.6. The van der Waals surface area contributed by atoms with Crippen LogP contribution in [0.2, 0.25) is 0 Å². The van der Waals surface area contributed by atoms with Gasteiger partial charge in [0.15, 0.2) is 5.78 Å². The Hall–Kier alpha value is -0.870. The predicted molar refractivity (Wildman–Crippen MR) is 75.2 cm³/mol. The van der Waals surface area contributed by atoms with Crippen molar-refractivity contribution >= 4 is 21.7 Å². The fraction of sp³-hybridized carbons (Fsp3) is 0.500. The number of nitrogens with one attached hydrogen (secondary N) is 1. The van der Waals surface area contributed by atoms with Crippen LogP contribution in [0.4, 0.5) is 0 Å². The van der Waals surface area contributed by atoms with Gasteiger partial charge in [-0.15, -0.1) is 0 Å². The van der Waals surface area contributed by atoms with Crippen molar-refractivity contribution < 1.29 is 9.53 Å². The van der Waals surface area contributed by atoms with E-state index in [-0.39, 0.29) is 5.78 Å². The van der Waals surface area contributed by atoms with Crippen molar-refractivity contribution in [3.63, 3.8) is 0 Å². The van der Waals surface area contributed by atoms with Gasteiger partial charge in [0, 0.05) is 28.9 Å². The number of hydrogen-bond acceptors (Lipinski definition) is 3. The topological polar surface area (TPSA) is 38.3 Å². The average Bonchev–Trinajstić information content (AvgIpc) is 2.74. The SMILES string of the molecule is CC(C)NCC(=O)Cc1cc(Br)cc2c1OCC2. The van der Waals surface area contributed by atoms with Crippen molar-refractivity contribution in [1.82, 2.24) is 5.32 Å². The number of carbonyl (C=O) groups is 1. The third kappa shape index (κ3) is 3.33. The number of rotatable bonds is 5. The maximum absolute atomic E-state index is 11.9. The summed E-state index contributed by atoms with van der Waals surface area (Å²) in [6.07, 6.45) is 1.36. The molecule has 4 heteroatoms. The van der Waals surface area contributed by atoms with Crippen LogP contribution in [0.25, 0.3) is 0 Å². The van der Waals surface area contributed by atoms with E-state index < -0.39 is 0 Å². The van der Waals surface area contributed by atoms with Crippen LogP contribution in [0.1, 0.15) is 25.0 Å². The molecular formula is C14H18BrNO2. The lowest BCUT2D eigenvalue weighted by Gasteiger charge is -2.10. The average molecular weight is 312 g/mol. The van der Waals surface area contributed by atoms with Gasteiger partial charge >= 0.3 is 0 Å². The Balaban J connectivity index is 2.07. The molecule has 0 radical (unpaired) electrons. The minimum absolute atomic E-state index is 0.194. The van der Waals surface area contributed by atoms with Gasteiger partial charge in [-0.1, -0.05) is 29.8 Å². The minimum atomic E-state index is 0.194. The summed E-state index contributed by atoms with van der Waals surface area (Å²) in [5, 5.41) is 3.15. The number of halogens is 1. The molecule has 0 bridgehead atoms. The molecule has 0 saturated carbocycles. The van der Waals surface area contributed by atoms with Gasteiger partial charge < -0.3 is 10.1 Å². The Kier molecular flexibility index (Phi) is 4.40. The van der Waals surface area contributed by atoms with Crippen molar-refractivity contribution in [2.75, 3.05) is 13.2 Å². The predicted octanol–water partition coefficient (Wildman–Crippen LogP) is 2.49. The van der Waals surface area contributed by atoms with Crippen LogP contribution in [0.3, 0.4) is 0 Å². The van der Waals surface area contributed by atoms with Crippen molar-refractivity contribution in [3.05, 3.63) is 27.7 Å². The molecule has 1 N–H and O–H groups in total. The normalized spacial score (nSPS) is 13.6. The molecule has 1 heterocycles. The third-order valence-corrected chi connectivity index (χ3v) is 3.38. The quantitative estimate of drug-likeness (QED) is 0.908. The van der Waals surface area contributed by atoms with Crippen LogP contribution in [0, 0.1) is 0 Å². The van der Waals surface area contributed by atoms with Gasteiger partial charge in [-0.25, -0.2) is 0 Å². The van der Waals surface area contributed by atoms with Crippen LogP contribution < -0.4 is 10.1 Å². The Bertz CT molecular complexity index is 457. The zero-order chi connectivity index (χ0) is 13.1. The molecule has 0 amide bonds. The molecule has 0 fully saturated rings. The lowest BCUT2D eigenvalue weighted by Crippen LogP contribution is -2.30. The summed E-state index contributed by atoms with van der Waals surface area (Å²) in [6.45, 7) is 5.20. The highest BCUT2D eigenvalue weighted by Crippen LogP contribution is 2.33. The zero-order valence-corrected chi connectivity index (χ0v) is 12.3.